The average molecular weight is 513 g/mol. The summed E-state index contributed by atoms with van der Waals surface area (Å²) in [6.07, 6.45) is 0. The molecule has 0 saturated carbocycles. The van der Waals surface area contributed by atoms with Gasteiger partial charge < -0.3 is 9.80 Å². The van der Waals surface area contributed by atoms with Crippen LogP contribution in [0.5, 0.6) is 0 Å². The Bertz CT molecular complexity index is 1840. The Kier molecular flexibility index (Phi) is 5.81. The Balaban J connectivity index is 1.46. The zero-order chi connectivity index (χ0) is 26.9. The minimum absolute atomic E-state index is 0.403. The van der Waals surface area contributed by atoms with E-state index in [4.69, 9.17) is 0 Å². The third-order valence-corrected chi connectivity index (χ3v) is 7.24. The van der Waals surface area contributed by atoms with Gasteiger partial charge in [0.1, 0.15) is 11.8 Å². The lowest BCUT2D eigenvalue weighted by atomic mass is 9.94. The number of nitrogens with zero attached hydrogens (tertiary/aromatic N) is 4. The fraction of sp³-hybridized carbons (Fsp3) is 0. The van der Waals surface area contributed by atoms with E-state index in [0.717, 1.165) is 56.5 Å². The monoisotopic (exact) mass is 512 g/mol. The van der Waals surface area contributed by atoms with Gasteiger partial charge in [0.25, 0.3) is 0 Å². The van der Waals surface area contributed by atoms with Crippen LogP contribution >= 0.6 is 0 Å². The van der Waals surface area contributed by atoms with Gasteiger partial charge in [-0.15, -0.1) is 0 Å². The van der Waals surface area contributed by atoms with Crippen molar-refractivity contribution in [2.75, 3.05) is 9.80 Å². The van der Waals surface area contributed by atoms with Crippen molar-refractivity contribution in [2.45, 2.75) is 0 Å². The molecule has 0 radical (unpaired) electrons. The predicted octanol–water partition coefficient (Wildman–Crippen LogP) is 9.54. The van der Waals surface area contributed by atoms with Crippen LogP contribution in [0.1, 0.15) is 5.69 Å². The maximum absolute atomic E-state index is 9.48. The summed E-state index contributed by atoms with van der Waals surface area (Å²) in [7, 11) is 0. The normalized spacial score (nSPS) is 11.9. The van der Waals surface area contributed by atoms with Crippen molar-refractivity contribution in [3.63, 3.8) is 0 Å². The maximum atomic E-state index is 9.48. The van der Waals surface area contributed by atoms with Gasteiger partial charge in [0.15, 0.2) is 0 Å². The SMILES string of the molecule is N#Cc1cccc(-c2ccccc2-c2ccccc2N2c3ccccc3N(c3ccccc3)c3ccccc32)n1. The first-order valence-electron chi connectivity index (χ1n) is 13.2. The second-order valence-electron chi connectivity index (χ2n) is 9.57. The molecule has 4 nitrogen and oxygen atoms in total. The smallest absolute Gasteiger partial charge is 0.141 e. The summed E-state index contributed by atoms with van der Waals surface area (Å²) in [4.78, 5) is 9.31. The van der Waals surface area contributed by atoms with E-state index in [1.807, 2.05) is 24.3 Å². The number of benzene rings is 5. The highest BCUT2D eigenvalue weighted by Gasteiger charge is 2.31. The molecule has 0 aliphatic carbocycles. The van der Waals surface area contributed by atoms with Gasteiger partial charge in [-0.2, -0.15) is 5.26 Å². The molecule has 0 N–H and O–H groups in total. The Morgan fingerprint density at radius 1 is 0.425 bits per heavy atom. The van der Waals surface area contributed by atoms with Gasteiger partial charge in [-0.3, -0.25) is 0 Å². The first-order chi connectivity index (χ1) is 19.8. The van der Waals surface area contributed by atoms with Gasteiger partial charge in [-0.1, -0.05) is 91.0 Å². The Morgan fingerprint density at radius 2 is 0.925 bits per heavy atom. The van der Waals surface area contributed by atoms with E-state index in [-0.39, 0.29) is 0 Å². The molecular weight excluding hydrogens is 488 g/mol. The Labute approximate surface area is 233 Å². The molecule has 1 aromatic heterocycles. The van der Waals surface area contributed by atoms with Crippen molar-refractivity contribution in [3.05, 3.63) is 151 Å². The summed E-state index contributed by atoms with van der Waals surface area (Å²) in [6.45, 7) is 0. The number of para-hydroxylation sites is 6. The molecule has 0 amide bonds. The molecular formula is C36H24N4. The molecule has 6 aromatic rings. The quantitative estimate of drug-likeness (QED) is 0.235. The van der Waals surface area contributed by atoms with Gasteiger partial charge >= 0.3 is 0 Å². The average Bonchev–Trinajstić information content (AvgIpc) is 3.04. The summed E-state index contributed by atoms with van der Waals surface area (Å²) in [6, 6.07) is 52.1. The first kappa shape index (κ1) is 23.5. The fourth-order valence-electron chi connectivity index (χ4n) is 5.54. The largest absolute Gasteiger partial charge is 0.306 e. The van der Waals surface area contributed by atoms with Crippen LogP contribution in [0.15, 0.2) is 146 Å². The molecule has 4 heteroatoms. The summed E-state index contributed by atoms with van der Waals surface area (Å²) >= 11 is 0. The molecule has 0 spiro atoms. The lowest BCUT2D eigenvalue weighted by Gasteiger charge is -2.41. The van der Waals surface area contributed by atoms with E-state index in [9.17, 15) is 5.26 Å². The number of hydrogen-bond acceptors (Lipinski definition) is 4. The molecule has 0 atom stereocenters. The fourth-order valence-corrected chi connectivity index (χ4v) is 5.54. The van der Waals surface area contributed by atoms with Gasteiger partial charge in [0.2, 0.25) is 0 Å². The van der Waals surface area contributed by atoms with Crippen LogP contribution in [0.2, 0.25) is 0 Å². The molecule has 7 rings (SSSR count). The van der Waals surface area contributed by atoms with E-state index in [0.29, 0.717) is 5.69 Å². The van der Waals surface area contributed by atoms with Crippen LogP contribution in [0.3, 0.4) is 0 Å². The zero-order valence-electron chi connectivity index (χ0n) is 21.6. The first-order valence-corrected chi connectivity index (χ1v) is 13.2. The Hall–Kier alpha value is -5.66. The van der Waals surface area contributed by atoms with Gasteiger partial charge in [0, 0.05) is 16.8 Å². The summed E-state index contributed by atoms with van der Waals surface area (Å²) in [5.74, 6) is 0. The van der Waals surface area contributed by atoms with Crippen LogP contribution < -0.4 is 9.80 Å². The molecule has 40 heavy (non-hydrogen) atoms. The number of pyridine rings is 1. The molecule has 1 aliphatic rings. The van der Waals surface area contributed by atoms with E-state index in [1.165, 1.54) is 0 Å². The standard InChI is InChI=1S/C36H24N4/c37-25-26-13-12-19-31(38-26)29-17-5-4-16-28(29)30-18-6-7-20-32(30)40-35-23-10-8-21-33(35)39(27-14-2-1-3-15-27)34-22-9-11-24-36(34)40/h1-24H. The molecule has 0 saturated heterocycles. The molecule has 1 aliphatic heterocycles. The zero-order valence-corrected chi connectivity index (χ0v) is 21.6. The van der Waals surface area contributed by atoms with E-state index >= 15 is 0 Å². The highest BCUT2D eigenvalue weighted by Crippen LogP contribution is 2.55. The highest BCUT2D eigenvalue weighted by atomic mass is 15.3. The number of fused-ring (bicyclic) bond motifs is 2. The van der Waals surface area contributed by atoms with Crippen molar-refractivity contribution < 1.29 is 0 Å². The van der Waals surface area contributed by atoms with Gasteiger partial charge in [0.05, 0.1) is 34.1 Å². The predicted molar refractivity (Wildman–Crippen MR) is 163 cm³/mol. The molecule has 0 unspecified atom stereocenters. The van der Waals surface area contributed by atoms with Crippen LogP contribution in [0, 0.1) is 11.3 Å². The van der Waals surface area contributed by atoms with E-state index in [1.54, 1.807) is 6.07 Å². The van der Waals surface area contributed by atoms with Crippen LogP contribution in [-0.4, -0.2) is 4.98 Å². The van der Waals surface area contributed by atoms with Gasteiger partial charge in [-0.05, 0) is 60.2 Å². The number of rotatable bonds is 4. The molecule has 5 aromatic carbocycles. The maximum Gasteiger partial charge on any atom is 0.141 e. The van der Waals surface area contributed by atoms with Crippen molar-refractivity contribution in [3.8, 4) is 28.5 Å². The highest BCUT2D eigenvalue weighted by molar-refractivity contribution is 6.04. The lowest BCUT2D eigenvalue weighted by molar-refractivity contribution is 1.17. The second kappa shape index (κ2) is 9.90. The van der Waals surface area contributed by atoms with E-state index < -0.39 is 0 Å². The lowest BCUT2D eigenvalue weighted by Crippen LogP contribution is -2.24. The van der Waals surface area contributed by atoms with Crippen molar-refractivity contribution in [1.29, 1.82) is 5.26 Å². The molecule has 0 bridgehead atoms. The van der Waals surface area contributed by atoms with Crippen molar-refractivity contribution >= 4 is 34.1 Å². The summed E-state index contributed by atoms with van der Waals surface area (Å²) in [5.41, 5.74) is 10.9. The Morgan fingerprint density at radius 3 is 1.55 bits per heavy atom. The summed E-state index contributed by atoms with van der Waals surface area (Å²) in [5, 5.41) is 9.48. The third kappa shape index (κ3) is 3.89. The van der Waals surface area contributed by atoms with Crippen LogP contribution in [0.25, 0.3) is 22.4 Å². The second-order valence-corrected chi connectivity index (χ2v) is 9.57. The van der Waals surface area contributed by atoms with Gasteiger partial charge in [-0.25, -0.2) is 4.98 Å². The van der Waals surface area contributed by atoms with Crippen LogP contribution in [0.4, 0.5) is 34.1 Å². The minimum Gasteiger partial charge on any atom is -0.306 e. The van der Waals surface area contributed by atoms with Crippen LogP contribution in [-0.2, 0) is 0 Å². The number of hydrogen-bond donors (Lipinski definition) is 0. The molecule has 188 valence electrons. The third-order valence-electron chi connectivity index (χ3n) is 7.24. The number of aromatic nitrogens is 1. The van der Waals surface area contributed by atoms with Crippen molar-refractivity contribution in [1.82, 2.24) is 4.98 Å². The van der Waals surface area contributed by atoms with E-state index in [2.05, 4.69) is 136 Å². The molecule has 0 fully saturated rings. The topological polar surface area (TPSA) is 43.2 Å². The minimum atomic E-state index is 0.403. The molecule has 2 heterocycles. The number of nitriles is 1. The summed E-state index contributed by atoms with van der Waals surface area (Å²) < 4.78 is 0. The number of anilines is 6. The van der Waals surface area contributed by atoms with Crippen molar-refractivity contribution in [2.24, 2.45) is 0 Å².